The summed E-state index contributed by atoms with van der Waals surface area (Å²) >= 11 is 24.6. The molecule has 0 aliphatic heterocycles. The van der Waals surface area contributed by atoms with Crippen LogP contribution in [-0.2, 0) is 8.67 Å². The maximum atomic E-state index is 13.9. The van der Waals surface area contributed by atoms with Crippen molar-refractivity contribution in [3.8, 4) is 0 Å². The van der Waals surface area contributed by atoms with Crippen LogP contribution in [0.25, 0.3) is 0 Å². The first-order valence-electron chi connectivity index (χ1n) is 5.54. The van der Waals surface area contributed by atoms with Gasteiger partial charge in [0.05, 0.1) is 0 Å². The molecule has 6 heteroatoms. The molecule has 0 aliphatic rings. The van der Waals surface area contributed by atoms with E-state index in [0.717, 1.165) is 0 Å². The SMILES string of the molecule is Fc1ccccc1C(Cl)(Cl)C(Cl)(Cl)c1ccccc1F. The highest BCUT2D eigenvalue weighted by Gasteiger charge is 2.52. The second-order valence-electron chi connectivity index (χ2n) is 4.11. The first-order valence-corrected chi connectivity index (χ1v) is 7.05. The van der Waals surface area contributed by atoms with Crippen molar-refractivity contribution in [2.24, 2.45) is 0 Å². The van der Waals surface area contributed by atoms with Gasteiger partial charge in [-0.1, -0.05) is 82.8 Å². The van der Waals surface area contributed by atoms with Gasteiger partial charge in [0.1, 0.15) is 11.6 Å². The van der Waals surface area contributed by atoms with Crippen LogP contribution in [0.4, 0.5) is 8.78 Å². The highest BCUT2D eigenvalue weighted by molar-refractivity contribution is 6.61. The maximum absolute atomic E-state index is 13.9. The second-order valence-corrected chi connectivity index (χ2v) is 6.76. The molecule has 0 saturated carbocycles. The number of rotatable bonds is 3. The fourth-order valence-electron chi connectivity index (χ4n) is 1.77. The third kappa shape index (κ3) is 2.62. The molecule has 0 atom stereocenters. The van der Waals surface area contributed by atoms with E-state index in [0.29, 0.717) is 0 Å². The Morgan fingerprint density at radius 1 is 0.600 bits per heavy atom. The van der Waals surface area contributed by atoms with Crippen LogP contribution in [0.2, 0.25) is 0 Å². The number of alkyl halides is 4. The van der Waals surface area contributed by atoms with E-state index < -0.39 is 20.3 Å². The average Bonchev–Trinajstić information content (AvgIpc) is 2.39. The number of hydrogen-bond donors (Lipinski definition) is 0. The molecule has 0 unspecified atom stereocenters. The van der Waals surface area contributed by atoms with Crippen molar-refractivity contribution in [3.05, 3.63) is 71.3 Å². The van der Waals surface area contributed by atoms with Crippen molar-refractivity contribution < 1.29 is 8.78 Å². The third-order valence-electron chi connectivity index (χ3n) is 2.82. The maximum Gasteiger partial charge on any atom is 0.182 e. The smallest absolute Gasteiger partial charge is 0.182 e. The Labute approximate surface area is 135 Å². The molecule has 0 bridgehead atoms. The summed E-state index contributed by atoms with van der Waals surface area (Å²) in [6.45, 7) is 0. The van der Waals surface area contributed by atoms with Crippen LogP contribution in [0.15, 0.2) is 48.5 Å². The van der Waals surface area contributed by atoms with E-state index in [4.69, 9.17) is 46.4 Å². The van der Waals surface area contributed by atoms with Crippen molar-refractivity contribution in [2.45, 2.75) is 8.67 Å². The molecule has 2 aromatic rings. The Bertz CT molecular complexity index is 571. The zero-order chi connectivity index (χ0) is 15.0. The Balaban J connectivity index is 2.58. The predicted molar refractivity (Wildman–Crippen MR) is 79.6 cm³/mol. The van der Waals surface area contributed by atoms with Crippen LogP contribution >= 0.6 is 46.4 Å². The van der Waals surface area contributed by atoms with Crippen LogP contribution in [0.5, 0.6) is 0 Å². The van der Waals surface area contributed by atoms with Gasteiger partial charge in [-0.2, -0.15) is 0 Å². The predicted octanol–water partition coefficient (Wildman–Crippen LogP) is 5.93. The fourth-order valence-corrected chi connectivity index (χ4v) is 2.79. The van der Waals surface area contributed by atoms with Gasteiger partial charge in [0.2, 0.25) is 0 Å². The van der Waals surface area contributed by atoms with Crippen molar-refractivity contribution in [2.75, 3.05) is 0 Å². The lowest BCUT2D eigenvalue weighted by molar-refractivity contribution is 0.561. The summed E-state index contributed by atoms with van der Waals surface area (Å²) in [7, 11) is 0. The summed E-state index contributed by atoms with van der Waals surface area (Å²) in [4.78, 5) is 0. The van der Waals surface area contributed by atoms with Crippen LogP contribution in [0, 0.1) is 11.6 Å². The lowest BCUT2D eigenvalue weighted by atomic mass is 10.0. The van der Waals surface area contributed by atoms with Gasteiger partial charge in [-0.3, -0.25) is 0 Å². The summed E-state index contributed by atoms with van der Waals surface area (Å²) in [5.41, 5.74) is -0.256. The quantitative estimate of drug-likeness (QED) is 0.599. The molecular weight excluding hydrogens is 348 g/mol. The highest BCUT2D eigenvalue weighted by Crippen LogP contribution is 2.57. The van der Waals surface area contributed by atoms with Gasteiger partial charge in [-0.25, -0.2) is 8.78 Å². The van der Waals surface area contributed by atoms with E-state index in [1.54, 1.807) is 0 Å². The zero-order valence-electron chi connectivity index (χ0n) is 9.89. The minimum Gasteiger partial charge on any atom is -0.207 e. The highest BCUT2D eigenvalue weighted by atomic mass is 35.5. The Morgan fingerprint density at radius 3 is 1.20 bits per heavy atom. The molecule has 0 N–H and O–H groups in total. The lowest BCUT2D eigenvalue weighted by Gasteiger charge is -2.33. The van der Waals surface area contributed by atoms with Gasteiger partial charge >= 0.3 is 0 Å². The minimum absolute atomic E-state index is 0.128. The molecule has 0 nitrogen and oxygen atoms in total. The summed E-state index contributed by atoms with van der Waals surface area (Å²) in [5, 5.41) is 0. The Morgan fingerprint density at radius 2 is 0.900 bits per heavy atom. The number of halogens is 6. The van der Waals surface area contributed by atoms with Crippen molar-refractivity contribution in [1.82, 2.24) is 0 Å². The molecule has 2 aromatic carbocycles. The Kier molecular flexibility index (Phi) is 4.50. The lowest BCUT2D eigenvalue weighted by Crippen LogP contribution is -2.33. The van der Waals surface area contributed by atoms with Gasteiger partial charge in [-0.05, 0) is 12.1 Å². The standard InChI is InChI=1S/C14H8Cl4F2/c15-13(16,9-5-1-3-7-11(9)19)14(17,18)10-6-2-4-8-12(10)20/h1-8H. The van der Waals surface area contributed by atoms with Crippen LogP contribution in [0.1, 0.15) is 11.1 Å². The van der Waals surface area contributed by atoms with E-state index in [1.807, 2.05) is 0 Å². The number of benzene rings is 2. The van der Waals surface area contributed by atoms with Crippen molar-refractivity contribution >= 4 is 46.4 Å². The molecule has 0 radical (unpaired) electrons. The monoisotopic (exact) mass is 354 g/mol. The van der Waals surface area contributed by atoms with E-state index in [2.05, 4.69) is 0 Å². The molecular formula is C14H8Cl4F2. The summed E-state index contributed by atoms with van der Waals surface area (Å²) in [5.74, 6) is -1.36. The summed E-state index contributed by atoms with van der Waals surface area (Å²) in [6.07, 6.45) is 0. The van der Waals surface area contributed by atoms with Crippen LogP contribution in [0.3, 0.4) is 0 Å². The van der Waals surface area contributed by atoms with Gasteiger partial charge in [0.15, 0.2) is 8.67 Å². The number of hydrogen-bond acceptors (Lipinski definition) is 0. The molecule has 106 valence electrons. The van der Waals surface area contributed by atoms with Gasteiger partial charge < -0.3 is 0 Å². The molecule has 2 rings (SSSR count). The topological polar surface area (TPSA) is 0 Å². The van der Waals surface area contributed by atoms with Crippen molar-refractivity contribution in [1.29, 1.82) is 0 Å². The summed E-state index contributed by atoms with van der Waals surface area (Å²) in [6, 6.07) is 11.0. The first kappa shape index (κ1) is 15.8. The van der Waals surface area contributed by atoms with E-state index >= 15 is 0 Å². The van der Waals surface area contributed by atoms with Gasteiger partial charge in [0.25, 0.3) is 0 Å². The van der Waals surface area contributed by atoms with E-state index in [9.17, 15) is 8.78 Å². The molecule has 0 heterocycles. The molecule has 0 amide bonds. The normalized spacial score (nSPS) is 12.5. The Hall–Kier alpha value is -0.540. The zero-order valence-corrected chi connectivity index (χ0v) is 12.9. The summed E-state index contributed by atoms with van der Waals surface area (Å²) < 4.78 is 23.6. The third-order valence-corrected chi connectivity index (χ3v) is 5.15. The van der Waals surface area contributed by atoms with Gasteiger partial charge in [0, 0.05) is 11.1 Å². The van der Waals surface area contributed by atoms with E-state index in [1.165, 1.54) is 48.5 Å². The largest absolute Gasteiger partial charge is 0.207 e. The molecule has 0 saturated heterocycles. The molecule has 0 aliphatic carbocycles. The van der Waals surface area contributed by atoms with Crippen molar-refractivity contribution in [3.63, 3.8) is 0 Å². The van der Waals surface area contributed by atoms with E-state index in [-0.39, 0.29) is 11.1 Å². The van der Waals surface area contributed by atoms with Crippen LogP contribution in [-0.4, -0.2) is 0 Å². The van der Waals surface area contributed by atoms with Gasteiger partial charge in [-0.15, -0.1) is 0 Å². The first-order chi connectivity index (χ1) is 9.28. The second kappa shape index (κ2) is 5.69. The van der Waals surface area contributed by atoms with Crippen LogP contribution < -0.4 is 0 Å². The molecule has 20 heavy (non-hydrogen) atoms. The fraction of sp³-hybridized carbons (Fsp3) is 0.143. The average molecular weight is 356 g/mol. The minimum atomic E-state index is -2.07. The molecule has 0 spiro atoms. The molecule has 0 aromatic heterocycles. The molecule has 0 fully saturated rings.